The second-order valence-electron chi connectivity index (χ2n) is 5.69. The van der Waals surface area contributed by atoms with Gasteiger partial charge in [-0.25, -0.2) is 13.6 Å². The summed E-state index contributed by atoms with van der Waals surface area (Å²) in [6, 6.07) is 13.4. The minimum absolute atomic E-state index is 0.0767. The predicted molar refractivity (Wildman–Crippen MR) is 104 cm³/mol. The first-order valence-corrected chi connectivity index (χ1v) is 10.4. The van der Waals surface area contributed by atoms with Gasteiger partial charge in [-0.3, -0.25) is 10.1 Å². The zero-order valence-electron chi connectivity index (χ0n) is 14.5. The van der Waals surface area contributed by atoms with Crippen LogP contribution in [0.25, 0.3) is 0 Å². The van der Waals surface area contributed by atoms with Crippen LogP contribution in [0.4, 0.5) is 11.4 Å². The maximum absolute atomic E-state index is 12.0. The van der Waals surface area contributed by atoms with E-state index in [0.29, 0.717) is 12.8 Å². The Hall–Kier alpha value is -2.10. The van der Waals surface area contributed by atoms with Crippen LogP contribution in [0.5, 0.6) is 0 Å². The van der Waals surface area contributed by atoms with Gasteiger partial charge in [0.2, 0.25) is 10.0 Å². The highest BCUT2D eigenvalue weighted by molar-refractivity contribution is 8.00. The molecule has 0 saturated heterocycles. The van der Waals surface area contributed by atoms with Gasteiger partial charge in [-0.2, -0.15) is 0 Å². The smallest absolute Gasteiger partial charge is 0.293 e. The van der Waals surface area contributed by atoms with Crippen molar-refractivity contribution in [3.63, 3.8) is 0 Å². The van der Waals surface area contributed by atoms with Crippen LogP contribution in [0.1, 0.15) is 26.7 Å². The molecule has 0 aliphatic carbocycles. The molecular weight excluding hydrogens is 374 g/mol. The highest BCUT2D eigenvalue weighted by Crippen LogP contribution is 2.42. The largest absolute Gasteiger partial charge is 0.364 e. The van der Waals surface area contributed by atoms with E-state index in [0.717, 1.165) is 4.90 Å². The first-order valence-electron chi connectivity index (χ1n) is 8.05. The lowest BCUT2D eigenvalue weighted by Crippen LogP contribution is -2.34. The van der Waals surface area contributed by atoms with Crippen LogP contribution in [-0.2, 0) is 10.0 Å². The molecule has 0 aliphatic rings. The van der Waals surface area contributed by atoms with Gasteiger partial charge in [0, 0.05) is 11.0 Å². The molecule has 0 radical (unpaired) electrons. The van der Waals surface area contributed by atoms with Crippen molar-refractivity contribution in [1.82, 2.24) is 0 Å². The molecule has 0 fully saturated rings. The van der Waals surface area contributed by atoms with E-state index in [1.165, 1.54) is 30.0 Å². The number of sulfonamides is 1. The molecule has 3 N–H and O–H groups in total. The number of anilines is 1. The molecule has 0 amide bonds. The molecule has 9 heteroatoms. The Morgan fingerprint density at radius 1 is 1.12 bits per heavy atom. The number of benzene rings is 2. The maximum Gasteiger partial charge on any atom is 0.293 e. The number of hydrogen-bond donors (Lipinski definition) is 2. The zero-order valence-corrected chi connectivity index (χ0v) is 16.1. The summed E-state index contributed by atoms with van der Waals surface area (Å²) in [6.07, 6.45) is 1.22. The fourth-order valence-electron chi connectivity index (χ4n) is 2.57. The number of primary sulfonamides is 1. The number of rotatable bonds is 8. The van der Waals surface area contributed by atoms with E-state index in [1.54, 1.807) is 0 Å². The molecule has 2 aromatic carbocycles. The minimum atomic E-state index is -4.13. The third kappa shape index (κ3) is 4.54. The molecule has 0 bridgehead atoms. The van der Waals surface area contributed by atoms with Crippen LogP contribution >= 0.6 is 11.8 Å². The summed E-state index contributed by atoms with van der Waals surface area (Å²) >= 11 is 1.50. The first kappa shape index (κ1) is 20.2. The Morgan fingerprint density at radius 3 is 2.23 bits per heavy atom. The van der Waals surface area contributed by atoms with Crippen LogP contribution in [0.3, 0.4) is 0 Å². The summed E-state index contributed by atoms with van der Waals surface area (Å²) in [7, 11) is -4.13. The molecule has 0 heterocycles. The van der Waals surface area contributed by atoms with Gasteiger partial charge in [0.25, 0.3) is 5.69 Å². The maximum atomic E-state index is 12.0. The monoisotopic (exact) mass is 395 g/mol. The van der Waals surface area contributed by atoms with Crippen molar-refractivity contribution >= 4 is 33.2 Å². The van der Waals surface area contributed by atoms with Crippen molar-refractivity contribution in [2.45, 2.75) is 41.4 Å². The highest BCUT2D eigenvalue weighted by Gasteiger charge is 2.33. The molecule has 0 atom stereocenters. The number of nitrogens with one attached hydrogen (secondary N) is 1. The average Bonchev–Trinajstić information content (AvgIpc) is 2.61. The van der Waals surface area contributed by atoms with E-state index in [9.17, 15) is 18.5 Å². The van der Waals surface area contributed by atoms with Crippen LogP contribution < -0.4 is 10.5 Å². The molecule has 0 aliphatic heterocycles. The molecule has 7 nitrogen and oxygen atoms in total. The molecule has 2 rings (SSSR count). The number of nitrogens with zero attached hydrogens (tertiary/aromatic N) is 1. The van der Waals surface area contributed by atoms with Crippen molar-refractivity contribution in [3.05, 3.63) is 58.6 Å². The lowest BCUT2D eigenvalue weighted by molar-refractivity contribution is -0.384. The molecule has 0 aromatic heterocycles. The normalized spacial score (nSPS) is 12.0. The van der Waals surface area contributed by atoms with Crippen molar-refractivity contribution in [2.75, 3.05) is 5.32 Å². The van der Waals surface area contributed by atoms with Gasteiger partial charge in [0.05, 0.1) is 9.79 Å². The van der Waals surface area contributed by atoms with E-state index in [-0.39, 0.29) is 16.3 Å². The second kappa shape index (κ2) is 8.07. The standard InChI is InChI=1S/C17H21N3O4S2/c1-3-17(4-2,25-13-9-6-5-7-10-13)19-16-14(20(21)22)11-8-12-15(16)26(18,23)24/h5-12,19H,3-4H2,1-2H3,(H2,18,23,24). The average molecular weight is 396 g/mol. The molecule has 140 valence electrons. The van der Waals surface area contributed by atoms with Crippen molar-refractivity contribution in [3.8, 4) is 0 Å². The Bertz CT molecular complexity index is 882. The summed E-state index contributed by atoms with van der Waals surface area (Å²) in [5.41, 5.74) is -0.399. The van der Waals surface area contributed by atoms with Crippen LogP contribution in [0.15, 0.2) is 58.3 Å². The molecule has 0 unspecified atom stereocenters. The first-order chi connectivity index (χ1) is 12.2. The van der Waals surface area contributed by atoms with E-state index < -0.39 is 19.8 Å². The second-order valence-corrected chi connectivity index (χ2v) is 8.68. The molecule has 26 heavy (non-hydrogen) atoms. The Balaban J connectivity index is 2.56. The molecule has 0 saturated carbocycles. The quantitative estimate of drug-likeness (QED) is 0.302. The Kier molecular flexibility index (Phi) is 6.27. The molecule has 0 spiro atoms. The zero-order chi connectivity index (χ0) is 19.4. The third-order valence-electron chi connectivity index (χ3n) is 4.06. The van der Waals surface area contributed by atoms with Crippen LogP contribution in [0, 0.1) is 10.1 Å². The highest BCUT2D eigenvalue weighted by atomic mass is 32.2. The van der Waals surface area contributed by atoms with Gasteiger partial charge in [-0.15, -0.1) is 0 Å². The van der Waals surface area contributed by atoms with Gasteiger partial charge in [0.15, 0.2) is 0 Å². The molecule has 2 aromatic rings. The lowest BCUT2D eigenvalue weighted by Gasteiger charge is -2.33. The third-order valence-corrected chi connectivity index (χ3v) is 6.59. The summed E-state index contributed by atoms with van der Waals surface area (Å²) < 4.78 is 23.9. The number of nitro benzene ring substituents is 1. The van der Waals surface area contributed by atoms with Gasteiger partial charge < -0.3 is 5.32 Å². The topological polar surface area (TPSA) is 115 Å². The summed E-state index contributed by atoms with van der Waals surface area (Å²) in [5.74, 6) is 0. The Labute approximate surface area is 157 Å². The summed E-state index contributed by atoms with van der Waals surface area (Å²) in [6.45, 7) is 3.88. The van der Waals surface area contributed by atoms with Gasteiger partial charge in [0.1, 0.15) is 10.6 Å². The van der Waals surface area contributed by atoms with Crippen molar-refractivity contribution in [1.29, 1.82) is 0 Å². The van der Waals surface area contributed by atoms with Gasteiger partial charge >= 0.3 is 0 Å². The minimum Gasteiger partial charge on any atom is -0.364 e. The van der Waals surface area contributed by atoms with E-state index in [4.69, 9.17) is 5.14 Å². The summed E-state index contributed by atoms with van der Waals surface area (Å²) in [5, 5.41) is 19.9. The van der Waals surface area contributed by atoms with Gasteiger partial charge in [-0.05, 0) is 31.0 Å². The molecular formula is C17H21N3O4S2. The van der Waals surface area contributed by atoms with Crippen molar-refractivity contribution < 1.29 is 13.3 Å². The lowest BCUT2D eigenvalue weighted by atomic mass is 10.1. The van der Waals surface area contributed by atoms with E-state index in [1.807, 2.05) is 44.2 Å². The number of hydrogen-bond acceptors (Lipinski definition) is 6. The SMILES string of the molecule is CCC(CC)(Nc1c([N+](=O)[O-])cccc1S(N)(=O)=O)Sc1ccccc1. The van der Waals surface area contributed by atoms with Crippen molar-refractivity contribution in [2.24, 2.45) is 5.14 Å². The van der Waals surface area contributed by atoms with Crippen LogP contribution in [-0.4, -0.2) is 18.2 Å². The van der Waals surface area contributed by atoms with E-state index >= 15 is 0 Å². The van der Waals surface area contributed by atoms with E-state index in [2.05, 4.69) is 5.32 Å². The number of nitro groups is 1. The fourth-order valence-corrected chi connectivity index (χ4v) is 4.47. The number of para-hydroxylation sites is 1. The number of nitrogens with two attached hydrogens (primary N) is 1. The van der Waals surface area contributed by atoms with Gasteiger partial charge in [-0.1, -0.05) is 49.9 Å². The number of thioether (sulfide) groups is 1. The predicted octanol–water partition coefficient (Wildman–Crippen LogP) is 3.96. The van der Waals surface area contributed by atoms with Crippen LogP contribution in [0.2, 0.25) is 0 Å². The fraction of sp³-hybridized carbons (Fsp3) is 0.294. The Morgan fingerprint density at radius 2 is 1.73 bits per heavy atom. The summed E-state index contributed by atoms with van der Waals surface area (Å²) in [4.78, 5) is 10.9.